The zero-order valence-electron chi connectivity index (χ0n) is 8.04. The number of benzene rings is 1. The van der Waals surface area contributed by atoms with Gasteiger partial charge in [0.15, 0.2) is 0 Å². The summed E-state index contributed by atoms with van der Waals surface area (Å²) in [6.07, 6.45) is 0. The van der Waals surface area contributed by atoms with Gasteiger partial charge in [-0.25, -0.2) is 9.59 Å². The van der Waals surface area contributed by atoms with Crippen LogP contribution in [0.3, 0.4) is 0 Å². The normalized spacial score (nSPS) is 10.1. The van der Waals surface area contributed by atoms with E-state index in [1.807, 2.05) is 0 Å². The molecule has 0 bridgehead atoms. The Bertz CT molecular complexity index is 443. The Hall–Kier alpha value is -1.26. The second-order valence-corrected chi connectivity index (χ2v) is 3.54. The molecule has 0 atom stereocenters. The number of alkyl halides is 2. The molecule has 0 aliphatic rings. The van der Waals surface area contributed by atoms with Crippen LogP contribution in [0.25, 0.3) is 0 Å². The molecule has 1 rings (SSSR count). The highest BCUT2D eigenvalue weighted by Gasteiger charge is 2.20. The monoisotopic (exact) mass is 262 g/mol. The lowest BCUT2D eigenvalue weighted by Crippen LogP contribution is -2.11. The fourth-order valence-corrected chi connectivity index (χ4v) is 1.91. The van der Waals surface area contributed by atoms with Crippen LogP contribution in [0.1, 0.15) is 31.8 Å². The molecule has 0 amide bonds. The van der Waals surface area contributed by atoms with Gasteiger partial charge in [-0.05, 0) is 17.2 Å². The minimum atomic E-state index is -1.23. The topological polar surface area (TPSA) is 74.6 Å². The minimum absolute atomic E-state index is 0.00851. The van der Waals surface area contributed by atoms with E-state index in [9.17, 15) is 9.59 Å². The third-order valence-corrected chi connectivity index (χ3v) is 2.68. The maximum Gasteiger partial charge on any atom is 0.336 e. The summed E-state index contributed by atoms with van der Waals surface area (Å²) in [5, 5.41) is 17.9. The number of aromatic carboxylic acids is 2. The highest BCUT2D eigenvalue weighted by molar-refractivity contribution is 6.19. The van der Waals surface area contributed by atoms with Crippen LogP contribution in [-0.2, 0) is 11.8 Å². The quantitative estimate of drug-likeness (QED) is 0.818. The van der Waals surface area contributed by atoms with Gasteiger partial charge in [0.2, 0.25) is 0 Å². The van der Waals surface area contributed by atoms with E-state index < -0.39 is 11.9 Å². The van der Waals surface area contributed by atoms with Crippen LogP contribution in [0, 0.1) is 0 Å². The summed E-state index contributed by atoms with van der Waals surface area (Å²) in [6, 6.07) is 2.69. The van der Waals surface area contributed by atoms with Crippen LogP contribution in [0.2, 0.25) is 0 Å². The van der Waals surface area contributed by atoms with E-state index in [4.69, 9.17) is 33.4 Å². The molecule has 0 aliphatic heterocycles. The molecule has 1 aromatic carbocycles. The zero-order valence-corrected chi connectivity index (χ0v) is 9.55. The molecule has 6 heteroatoms. The fraction of sp³-hybridized carbons (Fsp3) is 0.200. The van der Waals surface area contributed by atoms with E-state index in [-0.39, 0.29) is 28.5 Å². The van der Waals surface area contributed by atoms with E-state index in [0.29, 0.717) is 5.56 Å². The van der Waals surface area contributed by atoms with Gasteiger partial charge in [0.1, 0.15) is 0 Å². The minimum Gasteiger partial charge on any atom is -0.478 e. The van der Waals surface area contributed by atoms with Crippen molar-refractivity contribution in [1.29, 1.82) is 0 Å². The van der Waals surface area contributed by atoms with Gasteiger partial charge >= 0.3 is 11.9 Å². The molecule has 0 fully saturated rings. The molecular formula is C10H8Cl2O4. The van der Waals surface area contributed by atoms with Crippen LogP contribution in [0.15, 0.2) is 12.1 Å². The van der Waals surface area contributed by atoms with Gasteiger partial charge < -0.3 is 10.2 Å². The Morgan fingerprint density at radius 3 is 2.06 bits per heavy atom. The van der Waals surface area contributed by atoms with E-state index in [1.54, 1.807) is 0 Å². The van der Waals surface area contributed by atoms with Crippen molar-refractivity contribution in [3.05, 3.63) is 34.4 Å². The number of carboxylic acid groups (broad SMARTS) is 2. The van der Waals surface area contributed by atoms with Crippen LogP contribution in [0.4, 0.5) is 0 Å². The summed E-state index contributed by atoms with van der Waals surface area (Å²) in [4.78, 5) is 21.9. The number of hydrogen-bond donors (Lipinski definition) is 2. The SMILES string of the molecule is O=C(O)c1ccc(CCl)c(C(=O)O)c1CCl. The number of halogens is 2. The third-order valence-electron chi connectivity index (χ3n) is 2.12. The zero-order chi connectivity index (χ0) is 12.3. The van der Waals surface area contributed by atoms with Gasteiger partial charge in [-0.3, -0.25) is 0 Å². The largest absolute Gasteiger partial charge is 0.478 e. The lowest BCUT2D eigenvalue weighted by molar-refractivity contribution is 0.0695. The summed E-state index contributed by atoms with van der Waals surface area (Å²) in [5.74, 6) is -2.63. The summed E-state index contributed by atoms with van der Waals surface area (Å²) in [7, 11) is 0. The molecule has 0 spiro atoms. The first kappa shape index (κ1) is 12.8. The summed E-state index contributed by atoms with van der Waals surface area (Å²) >= 11 is 11.2. The Morgan fingerprint density at radius 1 is 1.06 bits per heavy atom. The van der Waals surface area contributed by atoms with Gasteiger partial charge in [0, 0.05) is 11.8 Å². The van der Waals surface area contributed by atoms with Crippen molar-refractivity contribution in [2.45, 2.75) is 11.8 Å². The smallest absolute Gasteiger partial charge is 0.336 e. The van der Waals surface area contributed by atoms with E-state index in [0.717, 1.165) is 0 Å². The van der Waals surface area contributed by atoms with Gasteiger partial charge in [0.05, 0.1) is 11.1 Å². The van der Waals surface area contributed by atoms with E-state index >= 15 is 0 Å². The number of rotatable bonds is 4. The van der Waals surface area contributed by atoms with Crippen molar-refractivity contribution >= 4 is 35.1 Å². The Balaban J connectivity index is 3.56. The Kier molecular flexibility index (Phi) is 4.15. The average molecular weight is 263 g/mol. The summed E-state index contributed by atoms with van der Waals surface area (Å²) in [5.41, 5.74) is 0.209. The first-order valence-electron chi connectivity index (χ1n) is 4.26. The van der Waals surface area contributed by atoms with Gasteiger partial charge in [-0.1, -0.05) is 6.07 Å². The standard InChI is InChI=1S/C10H8Cl2O4/c11-3-5-1-2-6(9(13)14)7(4-12)8(5)10(15)16/h1-2H,3-4H2,(H,13,14)(H,15,16). The highest BCUT2D eigenvalue weighted by Crippen LogP contribution is 2.23. The van der Waals surface area contributed by atoms with Gasteiger partial charge in [-0.15, -0.1) is 23.2 Å². The summed E-state index contributed by atoms with van der Waals surface area (Å²) < 4.78 is 0. The molecule has 16 heavy (non-hydrogen) atoms. The first-order valence-corrected chi connectivity index (χ1v) is 5.33. The fourth-order valence-electron chi connectivity index (χ4n) is 1.41. The molecule has 0 radical (unpaired) electrons. The molecule has 4 nitrogen and oxygen atoms in total. The van der Waals surface area contributed by atoms with Crippen LogP contribution in [-0.4, -0.2) is 22.2 Å². The number of hydrogen-bond acceptors (Lipinski definition) is 2. The number of carbonyl (C=O) groups is 2. The van der Waals surface area contributed by atoms with Crippen molar-refractivity contribution in [2.75, 3.05) is 0 Å². The van der Waals surface area contributed by atoms with Crippen LogP contribution >= 0.6 is 23.2 Å². The molecule has 0 saturated heterocycles. The third kappa shape index (κ3) is 2.28. The summed E-state index contributed by atoms with van der Waals surface area (Å²) in [6.45, 7) is 0. The molecular weight excluding hydrogens is 255 g/mol. The first-order chi connectivity index (χ1) is 7.52. The number of carboxylic acids is 2. The van der Waals surface area contributed by atoms with Gasteiger partial charge in [-0.2, -0.15) is 0 Å². The maximum atomic E-state index is 11.0. The lowest BCUT2D eigenvalue weighted by atomic mass is 9.97. The van der Waals surface area contributed by atoms with E-state index in [1.165, 1.54) is 12.1 Å². The average Bonchev–Trinajstić information content (AvgIpc) is 2.26. The molecule has 2 N–H and O–H groups in total. The predicted molar refractivity (Wildman–Crippen MR) is 59.5 cm³/mol. The molecule has 0 aromatic heterocycles. The van der Waals surface area contributed by atoms with E-state index in [2.05, 4.69) is 0 Å². The Morgan fingerprint density at radius 2 is 1.69 bits per heavy atom. The van der Waals surface area contributed by atoms with Crippen molar-refractivity contribution in [1.82, 2.24) is 0 Å². The highest BCUT2D eigenvalue weighted by atomic mass is 35.5. The van der Waals surface area contributed by atoms with Gasteiger partial charge in [0.25, 0.3) is 0 Å². The van der Waals surface area contributed by atoms with Crippen molar-refractivity contribution in [2.24, 2.45) is 0 Å². The molecule has 0 saturated carbocycles. The Labute approximate surface area is 101 Å². The van der Waals surface area contributed by atoms with Crippen LogP contribution < -0.4 is 0 Å². The van der Waals surface area contributed by atoms with Crippen molar-refractivity contribution in [3.63, 3.8) is 0 Å². The second-order valence-electron chi connectivity index (χ2n) is 3.00. The molecule has 0 aliphatic carbocycles. The lowest BCUT2D eigenvalue weighted by Gasteiger charge is -2.10. The van der Waals surface area contributed by atoms with Crippen molar-refractivity contribution in [3.8, 4) is 0 Å². The second kappa shape index (κ2) is 5.18. The van der Waals surface area contributed by atoms with Crippen molar-refractivity contribution < 1.29 is 19.8 Å². The van der Waals surface area contributed by atoms with Crippen LogP contribution in [0.5, 0.6) is 0 Å². The molecule has 1 aromatic rings. The predicted octanol–water partition coefficient (Wildman–Crippen LogP) is 2.56. The molecule has 0 unspecified atom stereocenters. The molecule has 86 valence electrons. The molecule has 0 heterocycles. The maximum absolute atomic E-state index is 11.0.